The number of aliphatic imine (C=N–C) groups is 1. The number of guanidine groups is 1. The van der Waals surface area contributed by atoms with Gasteiger partial charge in [-0.05, 0) is 32.6 Å². The van der Waals surface area contributed by atoms with Gasteiger partial charge in [-0.25, -0.2) is 9.98 Å². The van der Waals surface area contributed by atoms with E-state index >= 15 is 0 Å². The van der Waals surface area contributed by atoms with Crippen LogP contribution in [-0.4, -0.2) is 28.9 Å². The highest BCUT2D eigenvalue weighted by atomic mass is 32.1. The van der Waals surface area contributed by atoms with Crippen molar-refractivity contribution in [3.8, 4) is 0 Å². The van der Waals surface area contributed by atoms with Crippen LogP contribution in [0.2, 0.25) is 0 Å². The number of rotatable bonds is 2. The third kappa shape index (κ3) is 3.22. The fourth-order valence-corrected chi connectivity index (χ4v) is 3.23. The molecule has 0 spiro atoms. The molecule has 0 aromatic carbocycles. The zero-order valence-electron chi connectivity index (χ0n) is 11.4. The molecule has 2 rings (SSSR count). The summed E-state index contributed by atoms with van der Waals surface area (Å²) < 4.78 is 0. The molecule has 100 valence electrons. The van der Waals surface area contributed by atoms with Crippen LogP contribution >= 0.6 is 11.3 Å². The lowest BCUT2D eigenvalue weighted by atomic mass is 10.0. The van der Waals surface area contributed by atoms with E-state index in [1.165, 1.54) is 17.7 Å². The summed E-state index contributed by atoms with van der Waals surface area (Å²) >= 11 is 1.71. The second-order valence-corrected chi connectivity index (χ2v) is 6.40. The Labute approximate surface area is 113 Å². The van der Waals surface area contributed by atoms with E-state index in [0.29, 0.717) is 12.5 Å². The van der Waals surface area contributed by atoms with Crippen molar-refractivity contribution in [1.82, 2.24) is 9.88 Å². The standard InChI is InChI=1S/C13H22N4S/c1-9-5-4-6-17(8-9)13(14)15-7-12-10(2)16-11(3)18-12/h9H,4-8H2,1-3H3,(H2,14,15). The van der Waals surface area contributed by atoms with Gasteiger partial charge in [-0.15, -0.1) is 11.3 Å². The predicted molar refractivity (Wildman–Crippen MR) is 76.9 cm³/mol. The van der Waals surface area contributed by atoms with Gasteiger partial charge < -0.3 is 10.6 Å². The highest BCUT2D eigenvalue weighted by molar-refractivity contribution is 7.11. The molecule has 1 aliphatic heterocycles. The molecule has 1 atom stereocenters. The van der Waals surface area contributed by atoms with E-state index in [1.54, 1.807) is 11.3 Å². The summed E-state index contributed by atoms with van der Waals surface area (Å²) in [6.45, 7) is 9.08. The molecule has 1 aromatic heterocycles. The second-order valence-electron chi connectivity index (χ2n) is 5.11. The Morgan fingerprint density at radius 2 is 2.33 bits per heavy atom. The molecule has 1 aromatic rings. The average molecular weight is 266 g/mol. The number of hydrogen-bond acceptors (Lipinski definition) is 3. The van der Waals surface area contributed by atoms with Crippen LogP contribution in [0.25, 0.3) is 0 Å². The van der Waals surface area contributed by atoms with Crippen LogP contribution in [0, 0.1) is 19.8 Å². The van der Waals surface area contributed by atoms with E-state index in [-0.39, 0.29) is 0 Å². The smallest absolute Gasteiger partial charge is 0.191 e. The SMILES string of the molecule is Cc1nc(C)c(CN=C(N)N2CCCC(C)C2)s1. The van der Waals surface area contributed by atoms with Gasteiger partial charge in [0.25, 0.3) is 0 Å². The molecular formula is C13H22N4S. The summed E-state index contributed by atoms with van der Waals surface area (Å²) in [5, 5.41) is 1.10. The maximum absolute atomic E-state index is 6.08. The van der Waals surface area contributed by atoms with E-state index in [2.05, 4.69) is 21.8 Å². The summed E-state index contributed by atoms with van der Waals surface area (Å²) in [6.07, 6.45) is 2.52. The minimum absolute atomic E-state index is 0.661. The van der Waals surface area contributed by atoms with Crippen LogP contribution in [0.4, 0.5) is 0 Å². The molecule has 5 heteroatoms. The molecule has 4 nitrogen and oxygen atoms in total. The maximum Gasteiger partial charge on any atom is 0.191 e. The molecule has 1 saturated heterocycles. The highest BCUT2D eigenvalue weighted by Crippen LogP contribution is 2.19. The van der Waals surface area contributed by atoms with Crippen LogP contribution in [0.5, 0.6) is 0 Å². The quantitative estimate of drug-likeness (QED) is 0.660. The first kappa shape index (κ1) is 13.3. The zero-order valence-corrected chi connectivity index (χ0v) is 12.3. The molecule has 0 amide bonds. The molecule has 1 aliphatic rings. The van der Waals surface area contributed by atoms with Crippen molar-refractivity contribution in [3.63, 3.8) is 0 Å². The molecule has 18 heavy (non-hydrogen) atoms. The summed E-state index contributed by atoms with van der Waals surface area (Å²) in [6, 6.07) is 0. The number of nitrogens with zero attached hydrogens (tertiary/aromatic N) is 3. The first-order chi connectivity index (χ1) is 8.56. The van der Waals surface area contributed by atoms with Crippen molar-refractivity contribution in [1.29, 1.82) is 0 Å². The summed E-state index contributed by atoms with van der Waals surface area (Å²) in [5.74, 6) is 1.41. The van der Waals surface area contributed by atoms with Crippen molar-refractivity contribution in [3.05, 3.63) is 15.6 Å². The van der Waals surface area contributed by atoms with Gasteiger partial charge in [-0.2, -0.15) is 0 Å². The molecule has 0 aliphatic carbocycles. The molecule has 2 heterocycles. The Morgan fingerprint density at radius 1 is 1.56 bits per heavy atom. The van der Waals surface area contributed by atoms with Crippen LogP contribution in [0.3, 0.4) is 0 Å². The average Bonchev–Trinajstić information content (AvgIpc) is 2.65. The van der Waals surface area contributed by atoms with Crippen molar-refractivity contribution in [2.75, 3.05) is 13.1 Å². The molecule has 0 bridgehead atoms. The van der Waals surface area contributed by atoms with Gasteiger partial charge in [-0.3, -0.25) is 0 Å². The van der Waals surface area contributed by atoms with Gasteiger partial charge in [0.2, 0.25) is 0 Å². The topological polar surface area (TPSA) is 54.5 Å². The Hall–Kier alpha value is -1.10. The van der Waals surface area contributed by atoms with Crippen molar-refractivity contribution >= 4 is 17.3 Å². The van der Waals surface area contributed by atoms with E-state index in [1.807, 2.05) is 13.8 Å². The second kappa shape index (κ2) is 5.69. The zero-order chi connectivity index (χ0) is 13.1. The Bertz CT molecular complexity index is 438. The number of nitrogens with two attached hydrogens (primary N) is 1. The summed E-state index contributed by atoms with van der Waals surface area (Å²) in [7, 11) is 0. The molecular weight excluding hydrogens is 244 g/mol. The fraction of sp³-hybridized carbons (Fsp3) is 0.692. The lowest BCUT2D eigenvalue weighted by molar-refractivity contribution is 0.270. The number of aromatic nitrogens is 1. The number of hydrogen-bond donors (Lipinski definition) is 1. The van der Waals surface area contributed by atoms with E-state index in [9.17, 15) is 0 Å². The Morgan fingerprint density at radius 3 is 2.94 bits per heavy atom. The minimum atomic E-state index is 0.661. The third-order valence-electron chi connectivity index (χ3n) is 3.37. The van der Waals surface area contributed by atoms with E-state index < -0.39 is 0 Å². The summed E-state index contributed by atoms with van der Waals surface area (Å²) in [4.78, 5) is 12.4. The first-order valence-corrected chi connectivity index (χ1v) is 7.35. The van der Waals surface area contributed by atoms with Crippen molar-refractivity contribution in [2.24, 2.45) is 16.6 Å². The van der Waals surface area contributed by atoms with Crippen molar-refractivity contribution in [2.45, 2.75) is 40.2 Å². The predicted octanol–water partition coefficient (Wildman–Crippen LogP) is 2.31. The third-order valence-corrected chi connectivity index (χ3v) is 4.42. The van der Waals surface area contributed by atoms with E-state index in [0.717, 1.165) is 29.7 Å². The van der Waals surface area contributed by atoms with Gasteiger partial charge in [0.1, 0.15) is 0 Å². The van der Waals surface area contributed by atoms with Gasteiger partial charge in [-0.1, -0.05) is 6.92 Å². The Kier molecular flexibility index (Phi) is 4.22. The van der Waals surface area contributed by atoms with Crippen LogP contribution < -0.4 is 5.73 Å². The molecule has 2 N–H and O–H groups in total. The van der Waals surface area contributed by atoms with Gasteiger partial charge >= 0.3 is 0 Å². The monoisotopic (exact) mass is 266 g/mol. The van der Waals surface area contributed by atoms with Crippen LogP contribution in [0.15, 0.2) is 4.99 Å². The number of aryl methyl sites for hydroxylation is 2. The van der Waals surface area contributed by atoms with Crippen LogP contribution in [-0.2, 0) is 6.54 Å². The van der Waals surface area contributed by atoms with Gasteiger partial charge in [0, 0.05) is 18.0 Å². The molecule has 0 radical (unpaired) electrons. The maximum atomic E-state index is 6.08. The van der Waals surface area contributed by atoms with Gasteiger partial charge in [0.05, 0.1) is 17.2 Å². The van der Waals surface area contributed by atoms with E-state index in [4.69, 9.17) is 5.73 Å². The molecule has 1 unspecified atom stereocenters. The van der Waals surface area contributed by atoms with Gasteiger partial charge in [0.15, 0.2) is 5.96 Å². The minimum Gasteiger partial charge on any atom is -0.370 e. The lowest BCUT2D eigenvalue weighted by Crippen LogP contribution is -2.43. The first-order valence-electron chi connectivity index (χ1n) is 6.54. The number of likely N-dealkylation sites (tertiary alicyclic amines) is 1. The number of thiazole rings is 1. The fourth-order valence-electron chi connectivity index (χ4n) is 2.37. The highest BCUT2D eigenvalue weighted by Gasteiger charge is 2.17. The lowest BCUT2D eigenvalue weighted by Gasteiger charge is -2.31. The molecule has 1 fully saturated rings. The van der Waals surface area contributed by atoms with Crippen LogP contribution in [0.1, 0.15) is 35.3 Å². The van der Waals surface area contributed by atoms with Crippen molar-refractivity contribution < 1.29 is 0 Å². The summed E-state index contributed by atoms with van der Waals surface area (Å²) in [5.41, 5.74) is 7.16. The number of piperidine rings is 1. The normalized spacial score (nSPS) is 21.4. The largest absolute Gasteiger partial charge is 0.370 e. The molecule has 0 saturated carbocycles. The Balaban J connectivity index is 1.98.